The first-order valence-corrected chi connectivity index (χ1v) is 9.18. The molecule has 0 unspecified atom stereocenters. The summed E-state index contributed by atoms with van der Waals surface area (Å²) in [5.41, 5.74) is 1.42. The molecule has 0 amide bonds. The van der Waals surface area contributed by atoms with Crippen LogP contribution >= 0.6 is 22.9 Å². The average Bonchev–Trinajstić information content (AvgIpc) is 3.24. The van der Waals surface area contributed by atoms with E-state index >= 15 is 0 Å². The van der Waals surface area contributed by atoms with Gasteiger partial charge in [0, 0.05) is 12.0 Å². The Kier molecular flexibility index (Phi) is 5.85. The third kappa shape index (κ3) is 4.59. The van der Waals surface area contributed by atoms with Gasteiger partial charge in [0.15, 0.2) is 5.78 Å². The van der Waals surface area contributed by atoms with Crippen LogP contribution in [-0.2, 0) is 16.1 Å². The molecule has 0 saturated carbocycles. The molecule has 7 heteroatoms. The Balaban J connectivity index is 1.52. The molecule has 0 aliphatic heterocycles. The molecule has 26 heavy (non-hydrogen) atoms. The number of halogens is 1. The second kappa shape index (κ2) is 8.29. The summed E-state index contributed by atoms with van der Waals surface area (Å²) in [6.45, 7) is 1.78. The summed E-state index contributed by atoms with van der Waals surface area (Å²) in [6, 6.07) is 12.8. The molecular weight excluding hydrogens is 374 g/mol. The molecule has 0 spiro atoms. The van der Waals surface area contributed by atoms with Crippen LogP contribution < -0.4 is 0 Å². The largest absolute Gasteiger partial charge is 0.459 e. The minimum absolute atomic E-state index is 0.0107. The quantitative estimate of drug-likeness (QED) is 0.416. The molecule has 3 aromatic rings. The van der Waals surface area contributed by atoms with Crippen LogP contribution in [-0.4, -0.2) is 16.7 Å². The van der Waals surface area contributed by atoms with Crippen LogP contribution in [0.25, 0.3) is 11.5 Å². The third-order valence-corrected chi connectivity index (χ3v) is 4.96. The first kappa shape index (κ1) is 18.4. The molecule has 0 aliphatic carbocycles. The predicted molar refractivity (Wildman–Crippen MR) is 99.4 cm³/mol. The molecule has 0 bridgehead atoms. The van der Waals surface area contributed by atoms with Crippen LogP contribution in [0.15, 0.2) is 46.9 Å². The third-order valence-electron chi connectivity index (χ3n) is 3.69. The molecule has 2 aromatic heterocycles. The summed E-state index contributed by atoms with van der Waals surface area (Å²) in [5, 5.41) is 0. The number of ketones is 1. The molecule has 0 saturated heterocycles. The van der Waals surface area contributed by atoms with E-state index in [0.717, 1.165) is 5.56 Å². The smallest absolute Gasteiger partial charge is 0.306 e. The summed E-state index contributed by atoms with van der Waals surface area (Å²) < 4.78 is 11.4. The average molecular weight is 390 g/mol. The van der Waals surface area contributed by atoms with Gasteiger partial charge in [-0.05, 0) is 31.2 Å². The Hall–Kier alpha value is -2.44. The molecule has 3 rings (SSSR count). The Labute approximate surface area is 159 Å². The maximum Gasteiger partial charge on any atom is 0.306 e. The van der Waals surface area contributed by atoms with E-state index in [0.29, 0.717) is 26.6 Å². The van der Waals surface area contributed by atoms with E-state index in [1.165, 1.54) is 11.3 Å². The van der Waals surface area contributed by atoms with Gasteiger partial charge in [-0.15, -0.1) is 11.3 Å². The van der Waals surface area contributed by atoms with Crippen molar-refractivity contribution in [3.63, 3.8) is 0 Å². The number of aromatic nitrogens is 1. The fourth-order valence-electron chi connectivity index (χ4n) is 2.29. The molecule has 2 heterocycles. The van der Waals surface area contributed by atoms with Crippen molar-refractivity contribution in [1.82, 2.24) is 4.98 Å². The summed E-state index contributed by atoms with van der Waals surface area (Å²) in [6.07, 6.45) is 0.0968. The van der Waals surface area contributed by atoms with Crippen molar-refractivity contribution in [3.05, 3.63) is 63.1 Å². The zero-order valence-corrected chi connectivity index (χ0v) is 15.6. The lowest BCUT2D eigenvalue weighted by Gasteiger charge is -2.02. The van der Waals surface area contributed by atoms with E-state index < -0.39 is 5.97 Å². The highest BCUT2D eigenvalue weighted by Gasteiger charge is 2.15. The number of aryl methyl sites for hydroxylation is 1. The van der Waals surface area contributed by atoms with Crippen molar-refractivity contribution in [2.75, 3.05) is 0 Å². The van der Waals surface area contributed by atoms with E-state index in [-0.39, 0.29) is 25.2 Å². The number of ether oxygens (including phenoxy) is 1. The normalized spacial score (nSPS) is 10.7. The van der Waals surface area contributed by atoms with Crippen molar-refractivity contribution in [3.8, 4) is 11.5 Å². The van der Waals surface area contributed by atoms with Gasteiger partial charge in [0.1, 0.15) is 18.1 Å². The highest BCUT2D eigenvalue weighted by atomic mass is 35.5. The molecule has 0 aliphatic rings. The van der Waals surface area contributed by atoms with Crippen molar-refractivity contribution in [1.29, 1.82) is 0 Å². The monoisotopic (exact) mass is 389 g/mol. The van der Waals surface area contributed by atoms with Gasteiger partial charge in [-0.25, -0.2) is 4.98 Å². The van der Waals surface area contributed by atoms with Gasteiger partial charge in [-0.2, -0.15) is 0 Å². The van der Waals surface area contributed by atoms with Crippen LogP contribution in [0.2, 0.25) is 4.34 Å². The number of hydrogen-bond donors (Lipinski definition) is 0. The number of hydrogen-bond acceptors (Lipinski definition) is 6. The highest BCUT2D eigenvalue weighted by Crippen LogP contribution is 2.24. The molecule has 0 radical (unpaired) electrons. The second-order valence-electron chi connectivity index (χ2n) is 5.58. The lowest BCUT2D eigenvalue weighted by Crippen LogP contribution is -2.08. The first-order valence-electron chi connectivity index (χ1n) is 7.99. The van der Waals surface area contributed by atoms with Crippen LogP contribution in [0.3, 0.4) is 0 Å². The minimum Gasteiger partial charge on any atom is -0.459 e. The van der Waals surface area contributed by atoms with Gasteiger partial charge >= 0.3 is 5.97 Å². The molecule has 134 valence electrons. The van der Waals surface area contributed by atoms with Crippen molar-refractivity contribution in [2.24, 2.45) is 0 Å². The van der Waals surface area contributed by atoms with Gasteiger partial charge in [0.05, 0.1) is 15.6 Å². The predicted octanol–water partition coefficient (Wildman–Crippen LogP) is 5.07. The molecule has 0 fully saturated rings. The maximum absolute atomic E-state index is 12.0. The SMILES string of the molecule is Cc1oc(-c2ccccc2)nc1COC(=O)CCC(=O)c1ccc(Cl)s1. The van der Waals surface area contributed by atoms with E-state index in [1.54, 1.807) is 19.1 Å². The number of carbonyl (C=O) groups excluding carboxylic acids is 2. The lowest BCUT2D eigenvalue weighted by atomic mass is 10.2. The lowest BCUT2D eigenvalue weighted by molar-refractivity contribution is -0.145. The van der Waals surface area contributed by atoms with E-state index in [4.69, 9.17) is 20.8 Å². The minimum atomic E-state index is -0.454. The van der Waals surface area contributed by atoms with Gasteiger partial charge in [0.2, 0.25) is 5.89 Å². The molecule has 1 aromatic carbocycles. The second-order valence-corrected chi connectivity index (χ2v) is 7.29. The summed E-state index contributed by atoms with van der Waals surface area (Å²) in [4.78, 5) is 28.8. The van der Waals surface area contributed by atoms with Crippen LogP contribution in [0.4, 0.5) is 0 Å². The molecule has 0 N–H and O–H groups in total. The van der Waals surface area contributed by atoms with E-state index in [1.807, 2.05) is 30.3 Å². The standard InChI is InChI=1S/C19H16ClNO4S/c1-12-14(21-19(25-12)13-5-3-2-4-6-13)11-24-18(23)10-7-15(22)16-8-9-17(20)26-16/h2-6,8-9H,7,10-11H2,1H3. The number of rotatable bonds is 7. The fraction of sp³-hybridized carbons (Fsp3) is 0.211. The van der Waals surface area contributed by atoms with E-state index in [9.17, 15) is 9.59 Å². The number of benzene rings is 1. The molecule has 5 nitrogen and oxygen atoms in total. The Bertz CT molecular complexity index is 917. The van der Waals surface area contributed by atoms with Gasteiger partial charge in [-0.1, -0.05) is 29.8 Å². The van der Waals surface area contributed by atoms with Crippen molar-refractivity contribution in [2.45, 2.75) is 26.4 Å². The van der Waals surface area contributed by atoms with Crippen LogP contribution in [0.1, 0.15) is 34.0 Å². The topological polar surface area (TPSA) is 69.4 Å². The van der Waals surface area contributed by atoms with Gasteiger partial charge in [0.25, 0.3) is 0 Å². The van der Waals surface area contributed by atoms with Gasteiger partial charge in [-0.3, -0.25) is 9.59 Å². The zero-order chi connectivity index (χ0) is 18.5. The summed E-state index contributed by atoms with van der Waals surface area (Å²) in [5.74, 6) is 0.507. The molecular formula is C19H16ClNO4S. The van der Waals surface area contributed by atoms with E-state index in [2.05, 4.69) is 4.98 Å². The molecule has 0 atom stereocenters. The Morgan fingerprint density at radius 1 is 1.15 bits per heavy atom. The number of thiophene rings is 1. The maximum atomic E-state index is 12.0. The Morgan fingerprint density at radius 2 is 1.92 bits per heavy atom. The fourth-order valence-corrected chi connectivity index (χ4v) is 3.30. The Morgan fingerprint density at radius 3 is 2.62 bits per heavy atom. The van der Waals surface area contributed by atoms with Gasteiger partial charge < -0.3 is 9.15 Å². The van der Waals surface area contributed by atoms with Crippen molar-refractivity contribution < 1.29 is 18.7 Å². The number of Topliss-reactive ketones (excluding diaryl/α,β-unsaturated/α-hetero) is 1. The number of carbonyl (C=O) groups is 2. The summed E-state index contributed by atoms with van der Waals surface area (Å²) in [7, 11) is 0. The zero-order valence-electron chi connectivity index (χ0n) is 14.0. The number of oxazole rings is 1. The first-order chi connectivity index (χ1) is 12.5. The van der Waals surface area contributed by atoms with Crippen LogP contribution in [0.5, 0.6) is 0 Å². The van der Waals surface area contributed by atoms with Crippen molar-refractivity contribution >= 4 is 34.7 Å². The highest BCUT2D eigenvalue weighted by molar-refractivity contribution is 7.18. The number of nitrogens with zero attached hydrogens (tertiary/aromatic N) is 1. The summed E-state index contributed by atoms with van der Waals surface area (Å²) >= 11 is 7.01. The number of esters is 1. The van der Waals surface area contributed by atoms with Crippen LogP contribution in [0, 0.1) is 6.92 Å².